The number of rotatable bonds is 4. The van der Waals surface area contributed by atoms with Gasteiger partial charge in [0.05, 0.1) is 4.34 Å². The zero-order valence-corrected chi connectivity index (χ0v) is 12.8. The second kappa shape index (κ2) is 6.13. The third kappa shape index (κ3) is 2.99. The lowest BCUT2D eigenvalue weighted by atomic mass is 9.92. The van der Waals surface area contributed by atoms with Crippen molar-refractivity contribution in [2.75, 3.05) is 13.2 Å². The van der Waals surface area contributed by atoms with Crippen LogP contribution in [-0.2, 0) is 6.42 Å². The second-order valence-electron chi connectivity index (χ2n) is 5.92. The van der Waals surface area contributed by atoms with E-state index in [9.17, 15) is 5.11 Å². The molecule has 19 heavy (non-hydrogen) atoms. The molecule has 2 aliphatic carbocycles. The predicted molar refractivity (Wildman–Crippen MR) is 80.9 cm³/mol. The van der Waals surface area contributed by atoms with E-state index in [0.29, 0.717) is 24.5 Å². The number of aliphatic hydroxyl groups excluding tert-OH is 1. The summed E-state index contributed by atoms with van der Waals surface area (Å²) in [6.45, 7) is 1.40. The molecule has 2 N–H and O–H groups in total. The molecule has 0 bridgehead atoms. The van der Waals surface area contributed by atoms with Gasteiger partial charge in [0.1, 0.15) is 0 Å². The fourth-order valence-electron chi connectivity index (χ4n) is 3.65. The zero-order valence-electron chi connectivity index (χ0n) is 11.2. The molecule has 0 aromatic carbocycles. The highest BCUT2D eigenvalue weighted by Crippen LogP contribution is 2.38. The van der Waals surface area contributed by atoms with Crippen molar-refractivity contribution in [1.29, 1.82) is 0 Å². The minimum Gasteiger partial charge on any atom is -0.396 e. The van der Waals surface area contributed by atoms with E-state index in [1.807, 2.05) is 0 Å². The van der Waals surface area contributed by atoms with Crippen molar-refractivity contribution in [1.82, 2.24) is 5.32 Å². The summed E-state index contributed by atoms with van der Waals surface area (Å²) in [5.41, 5.74) is 1.43. The zero-order chi connectivity index (χ0) is 13.2. The fraction of sp³-hybridized carbons (Fsp3) is 0.733. The molecule has 2 aliphatic rings. The number of hydrogen-bond donors (Lipinski definition) is 2. The molecule has 4 heteroatoms. The Morgan fingerprint density at radius 1 is 1.26 bits per heavy atom. The SMILES string of the molecule is OCC1CCCC1CNC1CCCc2sc(Cl)cc21. The number of aryl methyl sites for hydroxylation is 1. The molecule has 2 nitrogen and oxygen atoms in total. The predicted octanol–water partition coefficient (Wildman–Crippen LogP) is 3.78. The molecular weight excluding hydrogens is 278 g/mol. The molecule has 1 heterocycles. The normalized spacial score (nSPS) is 30.5. The molecule has 0 saturated heterocycles. The summed E-state index contributed by atoms with van der Waals surface area (Å²) >= 11 is 7.89. The van der Waals surface area contributed by atoms with Crippen LogP contribution >= 0.6 is 22.9 Å². The first-order valence-corrected chi connectivity index (χ1v) is 8.59. The van der Waals surface area contributed by atoms with Crippen LogP contribution < -0.4 is 5.32 Å². The van der Waals surface area contributed by atoms with E-state index in [-0.39, 0.29) is 0 Å². The van der Waals surface area contributed by atoms with Crippen LogP contribution in [0.3, 0.4) is 0 Å². The van der Waals surface area contributed by atoms with Crippen LogP contribution in [0.1, 0.15) is 48.6 Å². The number of thiophene rings is 1. The third-order valence-corrected chi connectivity index (χ3v) is 6.10. The van der Waals surface area contributed by atoms with Gasteiger partial charge in [-0.25, -0.2) is 0 Å². The van der Waals surface area contributed by atoms with Crippen molar-refractivity contribution >= 4 is 22.9 Å². The van der Waals surface area contributed by atoms with Gasteiger partial charge in [0.2, 0.25) is 0 Å². The van der Waals surface area contributed by atoms with E-state index in [2.05, 4.69) is 11.4 Å². The summed E-state index contributed by atoms with van der Waals surface area (Å²) in [4.78, 5) is 1.47. The van der Waals surface area contributed by atoms with Crippen molar-refractivity contribution in [2.45, 2.75) is 44.6 Å². The van der Waals surface area contributed by atoms with E-state index in [4.69, 9.17) is 11.6 Å². The van der Waals surface area contributed by atoms with Crippen LogP contribution in [0.4, 0.5) is 0 Å². The Balaban J connectivity index is 1.61. The van der Waals surface area contributed by atoms with Gasteiger partial charge in [0.25, 0.3) is 0 Å². The van der Waals surface area contributed by atoms with Gasteiger partial charge in [0, 0.05) is 17.5 Å². The maximum atomic E-state index is 9.39. The van der Waals surface area contributed by atoms with Gasteiger partial charge in [0.15, 0.2) is 0 Å². The summed E-state index contributed by atoms with van der Waals surface area (Å²) in [5, 5.41) is 13.1. The van der Waals surface area contributed by atoms with Gasteiger partial charge in [-0.1, -0.05) is 18.0 Å². The first-order chi connectivity index (χ1) is 9.28. The molecule has 0 radical (unpaired) electrons. The minimum atomic E-state index is 0.354. The van der Waals surface area contributed by atoms with Gasteiger partial charge in [-0.3, -0.25) is 0 Å². The lowest BCUT2D eigenvalue weighted by Crippen LogP contribution is -2.31. The van der Waals surface area contributed by atoms with E-state index in [1.54, 1.807) is 11.3 Å². The van der Waals surface area contributed by atoms with Crippen LogP contribution in [-0.4, -0.2) is 18.3 Å². The van der Waals surface area contributed by atoms with Crippen LogP contribution in [0.15, 0.2) is 6.07 Å². The molecule has 1 aromatic heterocycles. The molecule has 0 spiro atoms. The van der Waals surface area contributed by atoms with Crippen molar-refractivity contribution in [3.8, 4) is 0 Å². The van der Waals surface area contributed by atoms with Crippen LogP contribution in [0.2, 0.25) is 4.34 Å². The summed E-state index contributed by atoms with van der Waals surface area (Å²) in [7, 11) is 0. The highest BCUT2D eigenvalue weighted by molar-refractivity contribution is 7.16. The lowest BCUT2D eigenvalue weighted by molar-refractivity contribution is 0.189. The molecule has 3 unspecified atom stereocenters. The van der Waals surface area contributed by atoms with Crippen LogP contribution in [0, 0.1) is 11.8 Å². The maximum Gasteiger partial charge on any atom is 0.0934 e. The van der Waals surface area contributed by atoms with Crippen molar-refractivity contribution in [3.05, 3.63) is 20.8 Å². The number of hydrogen-bond acceptors (Lipinski definition) is 3. The smallest absolute Gasteiger partial charge is 0.0934 e. The first-order valence-electron chi connectivity index (χ1n) is 7.40. The molecule has 1 aromatic rings. The molecule has 3 atom stereocenters. The first kappa shape index (κ1) is 13.9. The Labute approximate surface area is 124 Å². The van der Waals surface area contributed by atoms with E-state index < -0.39 is 0 Å². The quantitative estimate of drug-likeness (QED) is 0.887. The Kier molecular flexibility index (Phi) is 4.47. The second-order valence-corrected chi connectivity index (χ2v) is 7.68. The van der Waals surface area contributed by atoms with Gasteiger partial charge in [-0.2, -0.15) is 0 Å². The highest BCUT2D eigenvalue weighted by Gasteiger charge is 2.28. The summed E-state index contributed by atoms with van der Waals surface area (Å²) in [6.07, 6.45) is 7.41. The molecular formula is C15H22ClNOS. The topological polar surface area (TPSA) is 32.3 Å². The fourth-order valence-corrected chi connectivity index (χ4v) is 5.03. The van der Waals surface area contributed by atoms with E-state index in [0.717, 1.165) is 10.9 Å². The molecule has 106 valence electrons. The largest absolute Gasteiger partial charge is 0.396 e. The Hall–Kier alpha value is -0.0900. The number of halogens is 1. The monoisotopic (exact) mass is 299 g/mol. The average molecular weight is 300 g/mol. The third-order valence-electron chi connectivity index (χ3n) is 4.76. The van der Waals surface area contributed by atoms with Crippen LogP contribution in [0.5, 0.6) is 0 Å². The molecule has 3 rings (SSSR count). The molecule has 0 aliphatic heterocycles. The van der Waals surface area contributed by atoms with Crippen molar-refractivity contribution < 1.29 is 5.11 Å². The van der Waals surface area contributed by atoms with Gasteiger partial charge < -0.3 is 10.4 Å². The van der Waals surface area contributed by atoms with Gasteiger partial charge in [-0.15, -0.1) is 11.3 Å². The average Bonchev–Trinajstić information content (AvgIpc) is 3.00. The van der Waals surface area contributed by atoms with Crippen molar-refractivity contribution in [2.24, 2.45) is 11.8 Å². The number of nitrogens with one attached hydrogen (secondary N) is 1. The van der Waals surface area contributed by atoms with Gasteiger partial charge in [-0.05, 0) is 62.1 Å². The molecule has 1 saturated carbocycles. The lowest BCUT2D eigenvalue weighted by Gasteiger charge is -2.26. The molecule has 1 fully saturated rings. The number of aliphatic hydroxyl groups is 1. The Bertz CT molecular complexity index is 434. The van der Waals surface area contributed by atoms with Gasteiger partial charge >= 0.3 is 0 Å². The van der Waals surface area contributed by atoms with Crippen molar-refractivity contribution in [3.63, 3.8) is 0 Å². The maximum absolute atomic E-state index is 9.39. The summed E-state index contributed by atoms with van der Waals surface area (Å²) in [6, 6.07) is 2.63. The van der Waals surface area contributed by atoms with Crippen LogP contribution in [0.25, 0.3) is 0 Å². The van der Waals surface area contributed by atoms with E-state index in [1.165, 1.54) is 49.0 Å². The standard InChI is InChI=1S/C15H22ClNOS/c16-15-7-12-13(5-2-6-14(12)19-15)17-8-10-3-1-4-11(10)9-18/h7,10-11,13,17-18H,1-6,8-9H2. The Morgan fingerprint density at radius 3 is 2.95 bits per heavy atom. The summed E-state index contributed by atoms with van der Waals surface area (Å²) < 4.78 is 0.924. The Morgan fingerprint density at radius 2 is 2.11 bits per heavy atom. The number of fused-ring (bicyclic) bond motifs is 1. The van der Waals surface area contributed by atoms with E-state index >= 15 is 0 Å². The minimum absolute atomic E-state index is 0.354. The summed E-state index contributed by atoms with van der Waals surface area (Å²) in [5.74, 6) is 1.17. The molecule has 0 amide bonds. The highest BCUT2D eigenvalue weighted by atomic mass is 35.5.